The topological polar surface area (TPSA) is 57.0 Å². The van der Waals surface area contributed by atoms with E-state index in [-0.39, 0.29) is 17.6 Å². The minimum absolute atomic E-state index is 0.103. The number of piperazine rings is 1. The Morgan fingerprint density at radius 3 is 2.42 bits per heavy atom. The van der Waals surface area contributed by atoms with Crippen LogP contribution in [0.2, 0.25) is 5.02 Å². The third-order valence-electron chi connectivity index (χ3n) is 5.72. The Morgan fingerprint density at radius 1 is 1.00 bits per heavy atom. The summed E-state index contributed by atoms with van der Waals surface area (Å²) in [6.45, 7) is 4.14. The Hall–Kier alpha value is -3.16. The van der Waals surface area contributed by atoms with E-state index in [2.05, 4.69) is 4.90 Å². The summed E-state index contributed by atoms with van der Waals surface area (Å²) >= 11 is 6.09. The molecular weight excluding hydrogens is 445 g/mol. The number of furan rings is 1. The maximum absolute atomic E-state index is 13.3. The molecule has 1 aliphatic rings. The third kappa shape index (κ3) is 6.00. The number of carbonyl (C=O) groups excluding carboxylic acids is 2. The second-order valence-electron chi connectivity index (χ2n) is 7.97. The largest absolute Gasteiger partial charge is 0.459 e. The van der Waals surface area contributed by atoms with Gasteiger partial charge in [0.1, 0.15) is 5.82 Å². The zero-order chi connectivity index (χ0) is 23.2. The number of halogens is 2. The van der Waals surface area contributed by atoms with Gasteiger partial charge in [0.15, 0.2) is 5.76 Å². The highest BCUT2D eigenvalue weighted by Gasteiger charge is 2.24. The first-order valence-corrected chi connectivity index (χ1v) is 11.2. The number of amides is 2. The predicted octanol–water partition coefficient (Wildman–Crippen LogP) is 4.17. The molecule has 1 saturated heterocycles. The molecule has 0 spiro atoms. The number of rotatable bonds is 7. The van der Waals surface area contributed by atoms with Gasteiger partial charge in [-0.1, -0.05) is 29.8 Å². The lowest BCUT2D eigenvalue weighted by atomic mass is 10.1. The summed E-state index contributed by atoms with van der Waals surface area (Å²) in [7, 11) is 0. The Bertz CT molecular complexity index is 1080. The molecule has 0 unspecified atom stereocenters. The van der Waals surface area contributed by atoms with Crippen LogP contribution in [0.1, 0.15) is 26.5 Å². The van der Waals surface area contributed by atoms with Crippen LogP contribution < -0.4 is 0 Å². The Morgan fingerprint density at radius 2 is 1.76 bits per heavy atom. The van der Waals surface area contributed by atoms with Crippen LogP contribution >= 0.6 is 11.6 Å². The molecule has 0 atom stereocenters. The molecule has 1 aliphatic heterocycles. The first kappa shape index (κ1) is 23.0. The van der Waals surface area contributed by atoms with Crippen LogP contribution in [0, 0.1) is 5.82 Å². The van der Waals surface area contributed by atoms with Crippen LogP contribution in [0.5, 0.6) is 0 Å². The van der Waals surface area contributed by atoms with E-state index < -0.39 is 0 Å². The zero-order valence-corrected chi connectivity index (χ0v) is 18.9. The van der Waals surface area contributed by atoms with Gasteiger partial charge in [-0.25, -0.2) is 4.39 Å². The highest BCUT2D eigenvalue weighted by atomic mass is 35.5. The molecule has 0 radical (unpaired) electrons. The highest BCUT2D eigenvalue weighted by molar-refractivity contribution is 6.30. The van der Waals surface area contributed by atoms with E-state index >= 15 is 0 Å². The average Bonchev–Trinajstić information content (AvgIpc) is 3.37. The van der Waals surface area contributed by atoms with Crippen molar-refractivity contribution >= 4 is 23.4 Å². The van der Waals surface area contributed by atoms with Crippen molar-refractivity contribution in [2.24, 2.45) is 0 Å². The fourth-order valence-corrected chi connectivity index (χ4v) is 4.05. The molecule has 33 heavy (non-hydrogen) atoms. The molecule has 0 saturated carbocycles. The fourth-order valence-electron chi connectivity index (χ4n) is 3.86. The molecule has 0 bridgehead atoms. The van der Waals surface area contributed by atoms with Gasteiger partial charge in [0, 0.05) is 56.4 Å². The molecule has 0 N–H and O–H groups in total. The monoisotopic (exact) mass is 469 g/mol. The third-order valence-corrected chi connectivity index (χ3v) is 5.96. The van der Waals surface area contributed by atoms with Gasteiger partial charge in [0.25, 0.3) is 11.8 Å². The molecule has 2 heterocycles. The van der Waals surface area contributed by atoms with Crippen molar-refractivity contribution in [3.05, 3.63) is 94.7 Å². The second kappa shape index (κ2) is 10.6. The van der Waals surface area contributed by atoms with Gasteiger partial charge in [-0.05, 0) is 48.0 Å². The minimum Gasteiger partial charge on any atom is -0.459 e. The molecular formula is C25H25ClFN3O3. The van der Waals surface area contributed by atoms with Gasteiger partial charge in [-0.15, -0.1) is 0 Å². The summed E-state index contributed by atoms with van der Waals surface area (Å²) < 4.78 is 18.5. The van der Waals surface area contributed by atoms with Crippen LogP contribution in [0.4, 0.5) is 4.39 Å². The fraction of sp³-hybridized carbons (Fsp3) is 0.280. The lowest BCUT2D eigenvalue weighted by Crippen LogP contribution is -2.50. The Labute approximate surface area is 197 Å². The molecule has 2 aromatic carbocycles. The van der Waals surface area contributed by atoms with Crippen LogP contribution in [-0.4, -0.2) is 65.8 Å². The van der Waals surface area contributed by atoms with Gasteiger partial charge in [-0.3, -0.25) is 14.5 Å². The van der Waals surface area contributed by atoms with E-state index in [1.165, 1.54) is 18.4 Å². The number of hydrogen-bond acceptors (Lipinski definition) is 4. The van der Waals surface area contributed by atoms with Crippen molar-refractivity contribution in [2.75, 3.05) is 39.3 Å². The Kier molecular flexibility index (Phi) is 7.42. The summed E-state index contributed by atoms with van der Waals surface area (Å²) in [5.41, 5.74) is 1.36. The number of hydrogen-bond donors (Lipinski definition) is 0. The minimum atomic E-state index is -0.312. The summed E-state index contributed by atoms with van der Waals surface area (Å²) in [5.74, 6) is -0.198. The first-order chi connectivity index (χ1) is 16.0. The van der Waals surface area contributed by atoms with E-state index in [0.29, 0.717) is 62.2 Å². The van der Waals surface area contributed by atoms with Gasteiger partial charge >= 0.3 is 0 Å². The normalized spacial score (nSPS) is 14.3. The molecule has 6 nitrogen and oxygen atoms in total. The molecule has 1 fully saturated rings. The average molecular weight is 470 g/mol. The molecule has 172 valence electrons. The molecule has 8 heteroatoms. The van der Waals surface area contributed by atoms with Crippen molar-refractivity contribution in [3.8, 4) is 0 Å². The van der Waals surface area contributed by atoms with Crippen LogP contribution in [-0.2, 0) is 6.54 Å². The maximum atomic E-state index is 13.3. The van der Waals surface area contributed by atoms with Crippen molar-refractivity contribution in [2.45, 2.75) is 6.54 Å². The van der Waals surface area contributed by atoms with Gasteiger partial charge in [0.2, 0.25) is 0 Å². The molecule has 1 aromatic heterocycles. The number of nitrogens with zero attached hydrogens (tertiary/aromatic N) is 3. The zero-order valence-electron chi connectivity index (χ0n) is 18.1. The van der Waals surface area contributed by atoms with Crippen molar-refractivity contribution in [1.82, 2.24) is 14.7 Å². The molecule has 4 rings (SSSR count). The first-order valence-electron chi connectivity index (χ1n) is 10.8. The quantitative estimate of drug-likeness (QED) is 0.521. The standard InChI is InChI=1S/C25H25ClFN3O3/c26-21-4-1-3-20(17-21)24(31)30(18-19-6-8-22(27)9-7-19)15-12-28-10-13-29(14-11-28)25(32)23-5-2-16-33-23/h1-9,16-17H,10-15,18H2. The van der Waals surface area contributed by atoms with E-state index in [9.17, 15) is 14.0 Å². The molecule has 0 aliphatic carbocycles. The van der Waals surface area contributed by atoms with Crippen LogP contribution in [0.25, 0.3) is 0 Å². The second-order valence-corrected chi connectivity index (χ2v) is 8.41. The lowest BCUT2D eigenvalue weighted by molar-refractivity contribution is 0.0574. The van der Waals surface area contributed by atoms with E-state index in [4.69, 9.17) is 16.0 Å². The van der Waals surface area contributed by atoms with Crippen LogP contribution in [0.15, 0.2) is 71.3 Å². The lowest BCUT2D eigenvalue weighted by Gasteiger charge is -2.35. The highest BCUT2D eigenvalue weighted by Crippen LogP contribution is 2.16. The molecule has 3 aromatic rings. The number of carbonyl (C=O) groups is 2. The number of benzene rings is 2. The molecule has 2 amide bonds. The van der Waals surface area contributed by atoms with Gasteiger partial charge < -0.3 is 14.2 Å². The van der Waals surface area contributed by atoms with Crippen LogP contribution in [0.3, 0.4) is 0 Å². The van der Waals surface area contributed by atoms with Crippen molar-refractivity contribution in [1.29, 1.82) is 0 Å². The van der Waals surface area contributed by atoms with E-state index in [0.717, 1.165) is 5.56 Å². The van der Waals surface area contributed by atoms with Crippen molar-refractivity contribution in [3.63, 3.8) is 0 Å². The Balaban J connectivity index is 1.38. The smallest absolute Gasteiger partial charge is 0.289 e. The predicted molar refractivity (Wildman–Crippen MR) is 124 cm³/mol. The summed E-state index contributed by atoms with van der Waals surface area (Å²) in [6, 6.07) is 16.4. The van der Waals surface area contributed by atoms with E-state index in [1.807, 2.05) is 0 Å². The maximum Gasteiger partial charge on any atom is 0.289 e. The summed E-state index contributed by atoms with van der Waals surface area (Å²) in [4.78, 5) is 31.4. The van der Waals surface area contributed by atoms with Gasteiger partial charge in [0.05, 0.1) is 6.26 Å². The van der Waals surface area contributed by atoms with E-state index in [1.54, 1.807) is 58.3 Å². The summed E-state index contributed by atoms with van der Waals surface area (Å²) in [5, 5.41) is 0.500. The SMILES string of the molecule is O=C(c1cccc(Cl)c1)N(CCN1CCN(C(=O)c2ccco2)CC1)Cc1ccc(F)cc1. The summed E-state index contributed by atoms with van der Waals surface area (Å²) in [6.07, 6.45) is 1.50. The van der Waals surface area contributed by atoms with Crippen molar-refractivity contribution < 1.29 is 18.4 Å². The van der Waals surface area contributed by atoms with Gasteiger partial charge in [-0.2, -0.15) is 0 Å².